The van der Waals surface area contributed by atoms with E-state index >= 15 is 0 Å². The molecule has 0 spiro atoms. The number of anilines is 1. The van der Waals surface area contributed by atoms with Crippen LogP contribution >= 0.6 is 23.2 Å². The first-order valence-corrected chi connectivity index (χ1v) is 5.66. The predicted octanol–water partition coefficient (Wildman–Crippen LogP) is 2.91. The van der Waals surface area contributed by atoms with Crippen LogP contribution in [-0.4, -0.2) is 29.0 Å². The molecule has 0 bridgehead atoms. The van der Waals surface area contributed by atoms with Crippen molar-refractivity contribution in [3.8, 4) is 11.4 Å². The van der Waals surface area contributed by atoms with E-state index in [1.807, 2.05) is 26.2 Å². The van der Waals surface area contributed by atoms with E-state index in [4.69, 9.17) is 23.2 Å². The molecule has 0 fully saturated rings. The Balaban J connectivity index is 2.52. The van der Waals surface area contributed by atoms with Gasteiger partial charge in [0.05, 0.1) is 0 Å². The number of hydrogen-bond acceptors (Lipinski definition) is 4. The van der Waals surface area contributed by atoms with Crippen molar-refractivity contribution in [1.29, 1.82) is 0 Å². The molecule has 4 nitrogen and oxygen atoms in total. The highest BCUT2D eigenvalue weighted by Crippen LogP contribution is 2.21. The molecule has 0 aliphatic carbocycles. The van der Waals surface area contributed by atoms with E-state index in [0.29, 0.717) is 16.8 Å². The van der Waals surface area contributed by atoms with Crippen LogP contribution < -0.4 is 4.90 Å². The minimum atomic E-state index is 0.165. The number of halogens is 2. The molecule has 0 saturated heterocycles. The monoisotopic (exact) mass is 268 g/mol. The molecular formula is C11H10Cl2N4. The van der Waals surface area contributed by atoms with E-state index in [2.05, 4.69) is 15.0 Å². The SMILES string of the molecule is CN(C)c1nc(Cl)nc(-c2cccc(Cl)c2)n1. The van der Waals surface area contributed by atoms with Crippen molar-refractivity contribution in [2.24, 2.45) is 0 Å². The lowest BCUT2D eigenvalue weighted by molar-refractivity contribution is 0.962. The quantitative estimate of drug-likeness (QED) is 0.840. The number of nitrogens with zero attached hydrogens (tertiary/aromatic N) is 4. The van der Waals surface area contributed by atoms with E-state index < -0.39 is 0 Å². The molecule has 0 atom stereocenters. The summed E-state index contributed by atoms with van der Waals surface area (Å²) in [5.41, 5.74) is 0.810. The van der Waals surface area contributed by atoms with Gasteiger partial charge in [0, 0.05) is 24.7 Å². The zero-order valence-corrected chi connectivity index (χ0v) is 10.9. The van der Waals surface area contributed by atoms with Crippen LogP contribution in [0.15, 0.2) is 24.3 Å². The standard InChI is InChI=1S/C11H10Cl2N4/c1-17(2)11-15-9(14-10(13)16-11)7-4-3-5-8(12)6-7/h3-6H,1-2H3. The van der Waals surface area contributed by atoms with Gasteiger partial charge >= 0.3 is 0 Å². The summed E-state index contributed by atoms with van der Waals surface area (Å²) in [5.74, 6) is 1.02. The maximum absolute atomic E-state index is 5.92. The van der Waals surface area contributed by atoms with Crippen molar-refractivity contribution < 1.29 is 0 Å². The first kappa shape index (κ1) is 12.1. The lowest BCUT2D eigenvalue weighted by Crippen LogP contribution is -2.13. The predicted molar refractivity (Wildman–Crippen MR) is 69.6 cm³/mol. The van der Waals surface area contributed by atoms with Gasteiger partial charge in [-0.3, -0.25) is 0 Å². The van der Waals surface area contributed by atoms with Gasteiger partial charge in [0.15, 0.2) is 5.82 Å². The van der Waals surface area contributed by atoms with Crippen LogP contribution in [0, 0.1) is 0 Å². The third-order valence-electron chi connectivity index (χ3n) is 2.08. The smallest absolute Gasteiger partial charge is 0.229 e. The minimum absolute atomic E-state index is 0.165. The lowest BCUT2D eigenvalue weighted by Gasteiger charge is -2.11. The van der Waals surface area contributed by atoms with Gasteiger partial charge in [-0.2, -0.15) is 15.0 Å². The summed E-state index contributed by atoms with van der Waals surface area (Å²) in [4.78, 5) is 14.2. The average molecular weight is 269 g/mol. The van der Waals surface area contributed by atoms with Crippen molar-refractivity contribution in [3.63, 3.8) is 0 Å². The molecule has 0 radical (unpaired) electrons. The van der Waals surface area contributed by atoms with E-state index in [9.17, 15) is 0 Å². The highest BCUT2D eigenvalue weighted by Gasteiger charge is 2.08. The highest BCUT2D eigenvalue weighted by atomic mass is 35.5. The Hall–Kier alpha value is -1.39. The van der Waals surface area contributed by atoms with Gasteiger partial charge in [-0.05, 0) is 23.7 Å². The number of hydrogen-bond donors (Lipinski definition) is 0. The normalized spacial score (nSPS) is 10.4. The molecule has 0 amide bonds. The fraction of sp³-hybridized carbons (Fsp3) is 0.182. The Morgan fingerprint density at radius 2 is 1.82 bits per heavy atom. The first-order chi connectivity index (χ1) is 8.06. The Bertz CT molecular complexity index is 543. The van der Waals surface area contributed by atoms with Crippen LogP contribution in [0.5, 0.6) is 0 Å². The topological polar surface area (TPSA) is 41.9 Å². The summed E-state index contributed by atoms with van der Waals surface area (Å²) in [6, 6.07) is 7.29. The van der Waals surface area contributed by atoms with E-state index in [1.165, 1.54) is 0 Å². The molecule has 0 aliphatic heterocycles. The molecule has 0 aliphatic rings. The van der Waals surface area contributed by atoms with Gasteiger partial charge < -0.3 is 4.90 Å². The molecule has 17 heavy (non-hydrogen) atoms. The zero-order valence-electron chi connectivity index (χ0n) is 9.35. The molecule has 1 aromatic carbocycles. The molecule has 6 heteroatoms. The summed E-state index contributed by atoms with van der Waals surface area (Å²) < 4.78 is 0. The highest BCUT2D eigenvalue weighted by molar-refractivity contribution is 6.30. The van der Waals surface area contributed by atoms with Crippen molar-refractivity contribution >= 4 is 29.2 Å². The van der Waals surface area contributed by atoms with E-state index in [0.717, 1.165) is 5.56 Å². The summed E-state index contributed by atoms with van der Waals surface area (Å²) in [5, 5.41) is 0.795. The van der Waals surface area contributed by atoms with Gasteiger partial charge in [0.1, 0.15) is 0 Å². The van der Waals surface area contributed by atoms with Crippen molar-refractivity contribution in [2.45, 2.75) is 0 Å². The van der Waals surface area contributed by atoms with Crippen LogP contribution in [0.1, 0.15) is 0 Å². The Morgan fingerprint density at radius 1 is 1.06 bits per heavy atom. The number of benzene rings is 1. The average Bonchev–Trinajstić information content (AvgIpc) is 2.28. The summed E-state index contributed by atoms with van der Waals surface area (Å²) in [6.45, 7) is 0. The van der Waals surface area contributed by atoms with Crippen LogP contribution in [0.3, 0.4) is 0 Å². The fourth-order valence-electron chi connectivity index (χ4n) is 1.30. The molecule has 0 unspecified atom stereocenters. The van der Waals surface area contributed by atoms with E-state index in [1.54, 1.807) is 17.0 Å². The molecular weight excluding hydrogens is 259 g/mol. The van der Waals surface area contributed by atoms with Crippen molar-refractivity contribution in [3.05, 3.63) is 34.6 Å². The van der Waals surface area contributed by atoms with Gasteiger partial charge in [0.25, 0.3) is 0 Å². The molecule has 2 aromatic rings. The maximum atomic E-state index is 5.92. The Morgan fingerprint density at radius 3 is 2.47 bits per heavy atom. The lowest BCUT2D eigenvalue weighted by atomic mass is 10.2. The van der Waals surface area contributed by atoms with Crippen molar-refractivity contribution in [2.75, 3.05) is 19.0 Å². The second kappa shape index (κ2) is 4.85. The second-order valence-corrected chi connectivity index (χ2v) is 4.41. The van der Waals surface area contributed by atoms with Crippen LogP contribution in [0.2, 0.25) is 10.3 Å². The third kappa shape index (κ3) is 2.84. The molecule has 2 rings (SSSR count). The van der Waals surface area contributed by atoms with Gasteiger partial charge in [-0.1, -0.05) is 23.7 Å². The fourth-order valence-corrected chi connectivity index (χ4v) is 1.64. The first-order valence-electron chi connectivity index (χ1n) is 4.91. The van der Waals surface area contributed by atoms with Crippen LogP contribution in [0.25, 0.3) is 11.4 Å². The molecule has 1 aromatic heterocycles. The van der Waals surface area contributed by atoms with Crippen molar-refractivity contribution in [1.82, 2.24) is 15.0 Å². The van der Waals surface area contributed by atoms with Gasteiger partial charge in [-0.25, -0.2) is 0 Å². The van der Waals surface area contributed by atoms with Gasteiger partial charge in [0.2, 0.25) is 11.2 Å². The minimum Gasteiger partial charge on any atom is -0.347 e. The summed E-state index contributed by atoms with van der Waals surface area (Å²) in [6.07, 6.45) is 0. The largest absolute Gasteiger partial charge is 0.347 e. The number of aromatic nitrogens is 3. The second-order valence-electron chi connectivity index (χ2n) is 3.63. The third-order valence-corrected chi connectivity index (χ3v) is 2.48. The van der Waals surface area contributed by atoms with Crippen LogP contribution in [0.4, 0.5) is 5.95 Å². The van der Waals surface area contributed by atoms with E-state index in [-0.39, 0.29) is 5.28 Å². The van der Waals surface area contributed by atoms with Gasteiger partial charge in [-0.15, -0.1) is 0 Å². The maximum Gasteiger partial charge on any atom is 0.229 e. The molecule has 0 N–H and O–H groups in total. The molecule has 0 saturated carbocycles. The summed E-state index contributed by atoms with van der Waals surface area (Å²) in [7, 11) is 3.68. The molecule has 88 valence electrons. The molecule has 1 heterocycles. The Labute approximate surface area is 109 Å². The van der Waals surface area contributed by atoms with Crippen LogP contribution in [-0.2, 0) is 0 Å². The Kier molecular flexibility index (Phi) is 3.45. The number of rotatable bonds is 2. The zero-order chi connectivity index (χ0) is 12.4. The summed E-state index contributed by atoms with van der Waals surface area (Å²) >= 11 is 11.8.